The molecule has 0 unspecified atom stereocenters. The van der Waals surface area contributed by atoms with Gasteiger partial charge in [-0.15, -0.1) is 0 Å². The Morgan fingerprint density at radius 2 is 1.71 bits per heavy atom. The maximum atomic E-state index is 12.9. The van der Waals surface area contributed by atoms with E-state index in [1.54, 1.807) is 0 Å². The molecule has 184 valence electrons. The van der Waals surface area contributed by atoms with Gasteiger partial charge in [0, 0.05) is 25.5 Å². The van der Waals surface area contributed by atoms with Crippen LogP contribution in [-0.4, -0.2) is 67.4 Å². The van der Waals surface area contributed by atoms with Gasteiger partial charge in [-0.05, 0) is 35.1 Å². The number of hydrogen-bond acceptors (Lipinski definition) is 5. The third kappa shape index (κ3) is 5.71. The number of nitrogens with zero attached hydrogens (tertiary/aromatic N) is 1. The second-order valence-corrected chi connectivity index (χ2v) is 8.82. The summed E-state index contributed by atoms with van der Waals surface area (Å²) in [5.74, 6) is -1.79. The van der Waals surface area contributed by atoms with Gasteiger partial charge in [0.15, 0.2) is 0 Å². The number of methoxy groups -OCH3 is 1. The zero-order valence-corrected chi connectivity index (χ0v) is 19.7. The molecule has 0 aromatic heterocycles. The molecule has 8 nitrogen and oxygen atoms in total. The maximum absolute atomic E-state index is 12.9. The Hall–Kier alpha value is -3.65. The highest BCUT2D eigenvalue weighted by Gasteiger charge is 2.31. The first-order chi connectivity index (χ1) is 17.0. The second kappa shape index (κ2) is 11.2. The van der Waals surface area contributed by atoms with E-state index in [0.29, 0.717) is 12.8 Å². The summed E-state index contributed by atoms with van der Waals surface area (Å²) < 4.78 is 10.6. The fraction of sp³-hybridized carbons (Fsp3) is 0.370. The number of carbonyl (C=O) groups excluding carboxylic acids is 2. The number of nitrogens with one attached hydrogen (secondary N) is 1. The molecule has 2 N–H and O–H groups in total. The van der Waals surface area contributed by atoms with Gasteiger partial charge in [-0.2, -0.15) is 0 Å². The lowest BCUT2D eigenvalue weighted by molar-refractivity contribution is -0.147. The molecule has 0 spiro atoms. The van der Waals surface area contributed by atoms with Gasteiger partial charge < -0.3 is 24.8 Å². The van der Waals surface area contributed by atoms with Gasteiger partial charge in [0.05, 0.1) is 12.6 Å². The summed E-state index contributed by atoms with van der Waals surface area (Å²) in [4.78, 5) is 38.0. The summed E-state index contributed by atoms with van der Waals surface area (Å²) in [7, 11) is 1.50. The van der Waals surface area contributed by atoms with Crippen LogP contribution in [0.25, 0.3) is 11.1 Å². The summed E-state index contributed by atoms with van der Waals surface area (Å²) in [6.45, 7) is 0.282. The number of carboxylic acid groups (broad SMARTS) is 1. The molecule has 2 aromatic carbocycles. The topological polar surface area (TPSA) is 105 Å². The van der Waals surface area contributed by atoms with E-state index in [4.69, 9.17) is 14.6 Å². The Balaban J connectivity index is 1.34. The van der Waals surface area contributed by atoms with Gasteiger partial charge in [0.2, 0.25) is 5.91 Å². The zero-order valence-electron chi connectivity index (χ0n) is 19.7. The standard InChI is InChI=1S/C27H30N2O6/c1-34-14-13-29(16-25(30)31)26(32)18-7-6-8-19(15-18)28-27(33)35-17-24-22-11-4-2-9-20(22)21-10-3-5-12-23(21)24/h2-6,8-12,18-19,24H,7,13-17H2,1H3,(H,28,33)(H,30,31)/t18-,19-/m1/s1. The van der Waals surface area contributed by atoms with E-state index in [1.165, 1.54) is 12.0 Å². The van der Waals surface area contributed by atoms with Crippen molar-refractivity contribution < 1.29 is 29.0 Å². The van der Waals surface area contributed by atoms with Crippen LogP contribution in [-0.2, 0) is 19.1 Å². The average Bonchev–Trinajstić information content (AvgIpc) is 3.18. The van der Waals surface area contributed by atoms with E-state index >= 15 is 0 Å². The Morgan fingerprint density at radius 3 is 2.34 bits per heavy atom. The molecule has 2 aliphatic carbocycles. The zero-order chi connectivity index (χ0) is 24.8. The van der Waals surface area contributed by atoms with Crippen molar-refractivity contribution in [3.8, 4) is 11.1 Å². The number of ether oxygens (including phenoxy) is 2. The highest BCUT2D eigenvalue weighted by Crippen LogP contribution is 2.44. The molecule has 8 heteroatoms. The fourth-order valence-electron chi connectivity index (χ4n) is 4.88. The van der Waals surface area contributed by atoms with E-state index < -0.39 is 18.0 Å². The molecule has 0 fully saturated rings. The van der Waals surface area contributed by atoms with E-state index in [2.05, 4.69) is 29.6 Å². The third-order valence-electron chi connectivity index (χ3n) is 6.53. The van der Waals surface area contributed by atoms with E-state index in [9.17, 15) is 14.4 Å². The number of carboxylic acids is 1. The van der Waals surface area contributed by atoms with Crippen molar-refractivity contribution in [1.82, 2.24) is 10.2 Å². The number of benzene rings is 2. The summed E-state index contributed by atoms with van der Waals surface area (Å²) >= 11 is 0. The Labute approximate surface area is 204 Å². The SMILES string of the molecule is COCCN(CC(=O)O)C(=O)[C@@H]1CC=C[C@@H](NC(=O)OCC2c3ccccc3-c3ccccc32)C1. The van der Waals surface area contributed by atoms with Crippen LogP contribution in [0.4, 0.5) is 4.79 Å². The molecule has 0 aliphatic heterocycles. The van der Waals surface area contributed by atoms with Crippen molar-refractivity contribution in [3.05, 3.63) is 71.8 Å². The lowest BCUT2D eigenvalue weighted by atomic mass is 9.90. The fourth-order valence-corrected chi connectivity index (χ4v) is 4.88. The lowest BCUT2D eigenvalue weighted by Gasteiger charge is -2.29. The minimum absolute atomic E-state index is 0.0327. The molecule has 2 atom stereocenters. The maximum Gasteiger partial charge on any atom is 0.407 e. The summed E-state index contributed by atoms with van der Waals surface area (Å²) in [6, 6.07) is 15.9. The first-order valence-electron chi connectivity index (χ1n) is 11.8. The normalized spacial score (nSPS) is 18.4. The highest BCUT2D eigenvalue weighted by atomic mass is 16.5. The van der Waals surface area contributed by atoms with E-state index in [0.717, 1.165) is 22.3 Å². The van der Waals surface area contributed by atoms with Crippen LogP contribution < -0.4 is 5.32 Å². The van der Waals surface area contributed by atoms with Gasteiger partial charge in [-0.1, -0.05) is 60.7 Å². The quantitative estimate of drug-likeness (QED) is 0.535. The number of hydrogen-bond donors (Lipinski definition) is 2. The predicted octanol–water partition coefficient (Wildman–Crippen LogP) is 3.42. The molecular weight excluding hydrogens is 448 g/mol. The van der Waals surface area contributed by atoms with Crippen molar-refractivity contribution in [2.75, 3.05) is 33.4 Å². The number of alkyl carbamates (subject to hydrolysis) is 1. The van der Waals surface area contributed by atoms with Gasteiger partial charge in [-0.3, -0.25) is 9.59 Å². The van der Waals surface area contributed by atoms with E-state index in [1.807, 2.05) is 36.4 Å². The van der Waals surface area contributed by atoms with Crippen LogP contribution in [0.2, 0.25) is 0 Å². The molecule has 0 bridgehead atoms. The summed E-state index contributed by atoms with van der Waals surface area (Å²) in [5.41, 5.74) is 4.60. The van der Waals surface area contributed by atoms with Crippen LogP contribution in [0.1, 0.15) is 29.9 Å². The molecule has 2 aliphatic rings. The minimum Gasteiger partial charge on any atom is -0.480 e. The highest BCUT2D eigenvalue weighted by molar-refractivity contribution is 5.83. The van der Waals surface area contributed by atoms with Gasteiger partial charge >= 0.3 is 12.1 Å². The molecule has 0 saturated heterocycles. The number of amides is 2. The molecule has 4 rings (SSSR count). The number of rotatable bonds is 9. The van der Waals surface area contributed by atoms with Crippen molar-refractivity contribution >= 4 is 18.0 Å². The second-order valence-electron chi connectivity index (χ2n) is 8.82. The van der Waals surface area contributed by atoms with Gasteiger partial charge in [0.25, 0.3) is 0 Å². The van der Waals surface area contributed by atoms with Gasteiger partial charge in [0.1, 0.15) is 13.2 Å². The average molecular weight is 479 g/mol. The summed E-state index contributed by atoms with van der Waals surface area (Å²) in [6.07, 6.45) is 4.02. The van der Waals surface area contributed by atoms with Crippen molar-refractivity contribution in [3.63, 3.8) is 0 Å². The Bertz CT molecular complexity index is 1070. The molecule has 2 amide bonds. The van der Waals surface area contributed by atoms with E-state index in [-0.39, 0.29) is 44.2 Å². The lowest BCUT2D eigenvalue weighted by Crippen LogP contribution is -2.45. The molecule has 0 saturated carbocycles. The molecule has 2 aromatic rings. The van der Waals surface area contributed by atoms with Crippen molar-refractivity contribution in [1.29, 1.82) is 0 Å². The molecule has 0 heterocycles. The van der Waals surface area contributed by atoms with Crippen molar-refractivity contribution in [2.24, 2.45) is 5.92 Å². The minimum atomic E-state index is -1.07. The first-order valence-corrected chi connectivity index (χ1v) is 11.8. The van der Waals surface area contributed by atoms with Crippen molar-refractivity contribution in [2.45, 2.75) is 24.8 Å². The number of allylic oxidation sites excluding steroid dienone is 1. The largest absolute Gasteiger partial charge is 0.480 e. The van der Waals surface area contributed by atoms with Crippen LogP contribution in [0.15, 0.2) is 60.7 Å². The monoisotopic (exact) mass is 478 g/mol. The van der Waals surface area contributed by atoms with Crippen LogP contribution in [0, 0.1) is 5.92 Å². The number of fused-ring (bicyclic) bond motifs is 3. The Kier molecular flexibility index (Phi) is 7.82. The third-order valence-corrected chi connectivity index (χ3v) is 6.53. The Morgan fingerprint density at radius 1 is 1.06 bits per heavy atom. The smallest absolute Gasteiger partial charge is 0.407 e. The van der Waals surface area contributed by atoms with Crippen LogP contribution >= 0.6 is 0 Å². The predicted molar refractivity (Wildman–Crippen MR) is 130 cm³/mol. The molecular formula is C27H30N2O6. The van der Waals surface area contributed by atoms with Gasteiger partial charge in [-0.25, -0.2) is 4.79 Å². The first kappa shape index (κ1) is 24.5. The molecule has 0 radical (unpaired) electrons. The number of aliphatic carboxylic acids is 1. The van der Waals surface area contributed by atoms with Crippen LogP contribution in [0.3, 0.4) is 0 Å². The summed E-state index contributed by atoms with van der Waals surface area (Å²) in [5, 5.41) is 12.0. The van der Waals surface area contributed by atoms with Crippen LogP contribution in [0.5, 0.6) is 0 Å². The number of carbonyl (C=O) groups is 3. The molecule has 35 heavy (non-hydrogen) atoms.